The van der Waals surface area contributed by atoms with Crippen molar-refractivity contribution in [2.75, 3.05) is 34.0 Å². The maximum Gasteiger partial charge on any atom is 0.0701 e. The van der Waals surface area contributed by atoms with Crippen LogP contribution in [0.2, 0.25) is 0 Å². The summed E-state index contributed by atoms with van der Waals surface area (Å²) in [5.41, 5.74) is 1.30. The zero-order valence-electron chi connectivity index (χ0n) is 9.53. The molecule has 0 unspecified atom stereocenters. The van der Waals surface area contributed by atoms with Crippen LogP contribution >= 0.6 is 0 Å². The summed E-state index contributed by atoms with van der Waals surface area (Å²) in [5.74, 6) is 0. The van der Waals surface area contributed by atoms with Gasteiger partial charge in [0.05, 0.1) is 19.8 Å². The van der Waals surface area contributed by atoms with E-state index in [1.807, 2.05) is 7.05 Å². The maximum atomic E-state index is 5.39. The van der Waals surface area contributed by atoms with E-state index < -0.39 is 0 Å². The average Bonchev–Trinajstić information content (AvgIpc) is 2.66. The zero-order chi connectivity index (χ0) is 10.9. The number of aromatic nitrogens is 1. The van der Waals surface area contributed by atoms with Crippen LogP contribution in [0.25, 0.3) is 0 Å². The SMILES string of the molecule is CNCc1ccn(CCOCCOC)c1. The van der Waals surface area contributed by atoms with Gasteiger partial charge in [0.25, 0.3) is 0 Å². The molecule has 0 atom stereocenters. The van der Waals surface area contributed by atoms with Crippen molar-refractivity contribution in [1.82, 2.24) is 9.88 Å². The van der Waals surface area contributed by atoms with Crippen molar-refractivity contribution < 1.29 is 9.47 Å². The Hall–Kier alpha value is -0.840. The van der Waals surface area contributed by atoms with Crippen molar-refractivity contribution in [3.63, 3.8) is 0 Å². The van der Waals surface area contributed by atoms with E-state index in [0.29, 0.717) is 13.2 Å². The van der Waals surface area contributed by atoms with Gasteiger partial charge in [0.1, 0.15) is 0 Å². The van der Waals surface area contributed by atoms with Crippen LogP contribution < -0.4 is 5.32 Å². The van der Waals surface area contributed by atoms with Gasteiger partial charge in [-0.2, -0.15) is 0 Å². The Morgan fingerprint density at radius 3 is 2.93 bits per heavy atom. The smallest absolute Gasteiger partial charge is 0.0701 e. The number of methoxy groups -OCH3 is 1. The number of hydrogen-bond donors (Lipinski definition) is 1. The van der Waals surface area contributed by atoms with Crippen molar-refractivity contribution in [2.24, 2.45) is 0 Å². The molecule has 1 heterocycles. The van der Waals surface area contributed by atoms with Gasteiger partial charge in [-0.15, -0.1) is 0 Å². The largest absolute Gasteiger partial charge is 0.382 e. The highest BCUT2D eigenvalue weighted by Crippen LogP contribution is 2.00. The zero-order valence-corrected chi connectivity index (χ0v) is 9.53. The molecular formula is C11H20N2O2. The summed E-state index contributed by atoms with van der Waals surface area (Å²) in [6.07, 6.45) is 4.21. The van der Waals surface area contributed by atoms with E-state index in [1.54, 1.807) is 7.11 Å². The third-order valence-electron chi connectivity index (χ3n) is 2.12. The van der Waals surface area contributed by atoms with E-state index in [1.165, 1.54) is 5.56 Å². The topological polar surface area (TPSA) is 35.4 Å². The van der Waals surface area contributed by atoms with Gasteiger partial charge in [-0.25, -0.2) is 0 Å². The van der Waals surface area contributed by atoms with Crippen LogP contribution in [-0.2, 0) is 22.6 Å². The normalized spacial score (nSPS) is 10.8. The molecule has 1 aromatic heterocycles. The van der Waals surface area contributed by atoms with Crippen LogP contribution in [0.4, 0.5) is 0 Å². The molecule has 0 fully saturated rings. The number of hydrogen-bond acceptors (Lipinski definition) is 3. The molecule has 15 heavy (non-hydrogen) atoms. The van der Waals surface area contributed by atoms with Gasteiger partial charge in [-0.05, 0) is 18.7 Å². The first-order chi connectivity index (χ1) is 7.36. The lowest BCUT2D eigenvalue weighted by Gasteiger charge is -2.04. The first-order valence-corrected chi connectivity index (χ1v) is 5.22. The van der Waals surface area contributed by atoms with Gasteiger partial charge in [0, 0.05) is 32.6 Å². The summed E-state index contributed by atoms with van der Waals surface area (Å²) >= 11 is 0. The first kappa shape index (κ1) is 12.2. The highest BCUT2D eigenvalue weighted by atomic mass is 16.5. The minimum Gasteiger partial charge on any atom is -0.382 e. The minimum atomic E-state index is 0.663. The van der Waals surface area contributed by atoms with Gasteiger partial charge < -0.3 is 19.4 Å². The third kappa shape index (κ3) is 4.97. The average molecular weight is 212 g/mol. The van der Waals surface area contributed by atoms with Crippen molar-refractivity contribution in [1.29, 1.82) is 0 Å². The predicted molar refractivity (Wildman–Crippen MR) is 59.9 cm³/mol. The molecule has 0 aliphatic rings. The van der Waals surface area contributed by atoms with Crippen LogP contribution in [0.5, 0.6) is 0 Å². The fraction of sp³-hybridized carbons (Fsp3) is 0.636. The van der Waals surface area contributed by atoms with Crippen LogP contribution in [0.15, 0.2) is 18.5 Å². The van der Waals surface area contributed by atoms with Gasteiger partial charge in [0.2, 0.25) is 0 Å². The fourth-order valence-corrected chi connectivity index (χ4v) is 1.35. The standard InChI is InChI=1S/C11H20N2O2/c1-12-9-11-3-4-13(10-11)5-6-15-8-7-14-2/h3-4,10,12H,5-9H2,1-2H3. The summed E-state index contributed by atoms with van der Waals surface area (Å²) in [6.45, 7) is 3.87. The predicted octanol–water partition coefficient (Wildman–Crippen LogP) is 0.870. The lowest BCUT2D eigenvalue weighted by molar-refractivity contribution is 0.0666. The lowest BCUT2D eigenvalue weighted by Crippen LogP contribution is -2.08. The second-order valence-corrected chi connectivity index (χ2v) is 3.39. The van der Waals surface area contributed by atoms with Crippen molar-refractivity contribution >= 4 is 0 Å². The Bertz CT molecular complexity index is 261. The molecule has 1 N–H and O–H groups in total. The van der Waals surface area contributed by atoms with Crippen LogP contribution in [-0.4, -0.2) is 38.5 Å². The highest BCUT2D eigenvalue weighted by Gasteiger charge is 1.95. The van der Waals surface area contributed by atoms with Gasteiger partial charge >= 0.3 is 0 Å². The fourth-order valence-electron chi connectivity index (χ4n) is 1.35. The Labute approximate surface area is 91.2 Å². The summed E-state index contributed by atoms with van der Waals surface area (Å²) < 4.78 is 12.4. The van der Waals surface area contributed by atoms with Gasteiger partial charge in [-0.3, -0.25) is 0 Å². The van der Waals surface area contributed by atoms with E-state index in [9.17, 15) is 0 Å². The molecule has 0 bridgehead atoms. The summed E-state index contributed by atoms with van der Waals surface area (Å²) in [5, 5.41) is 3.12. The molecule has 1 rings (SSSR count). The molecule has 0 saturated carbocycles. The van der Waals surface area contributed by atoms with Crippen molar-refractivity contribution in [3.05, 3.63) is 24.0 Å². The van der Waals surface area contributed by atoms with Crippen molar-refractivity contribution in [3.8, 4) is 0 Å². The second-order valence-electron chi connectivity index (χ2n) is 3.39. The quantitative estimate of drug-likeness (QED) is 0.649. The Morgan fingerprint density at radius 2 is 2.20 bits per heavy atom. The minimum absolute atomic E-state index is 0.663. The molecule has 0 aromatic carbocycles. The third-order valence-corrected chi connectivity index (χ3v) is 2.12. The molecule has 86 valence electrons. The number of ether oxygens (including phenoxy) is 2. The maximum absolute atomic E-state index is 5.39. The monoisotopic (exact) mass is 212 g/mol. The number of nitrogens with zero attached hydrogens (tertiary/aromatic N) is 1. The lowest BCUT2D eigenvalue weighted by atomic mass is 10.3. The van der Waals surface area contributed by atoms with E-state index >= 15 is 0 Å². The van der Waals surface area contributed by atoms with Gasteiger partial charge in [0.15, 0.2) is 0 Å². The summed E-state index contributed by atoms with van der Waals surface area (Å²) in [6, 6.07) is 2.12. The molecule has 0 aliphatic heterocycles. The van der Waals surface area contributed by atoms with Gasteiger partial charge in [-0.1, -0.05) is 0 Å². The van der Waals surface area contributed by atoms with Crippen LogP contribution in [0, 0.1) is 0 Å². The molecule has 1 aromatic rings. The van der Waals surface area contributed by atoms with Crippen LogP contribution in [0.3, 0.4) is 0 Å². The molecule has 4 heteroatoms. The summed E-state index contributed by atoms with van der Waals surface area (Å²) in [4.78, 5) is 0. The van der Waals surface area contributed by atoms with E-state index in [0.717, 1.165) is 19.7 Å². The number of nitrogens with one attached hydrogen (secondary N) is 1. The Kier molecular flexibility index (Phi) is 6.08. The first-order valence-electron chi connectivity index (χ1n) is 5.22. The molecule has 0 saturated heterocycles. The highest BCUT2D eigenvalue weighted by molar-refractivity contribution is 5.09. The van der Waals surface area contributed by atoms with E-state index in [4.69, 9.17) is 9.47 Å². The van der Waals surface area contributed by atoms with E-state index in [2.05, 4.69) is 28.3 Å². The molecule has 0 amide bonds. The molecule has 4 nitrogen and oxygen atoms in total. The Morgan fingerprint density at radius 1 is 1.33 bits per heavy atom. The second kappa shape index (κ2) is 7.45. The molecule has 0 aliphatic carbocycles. The molecular weight excluding hydrogens is 192 g/mol. The molecule has 0 radical (unpaired) electrons. The van der Waals surface area contributed by atoms with E-state index in [-0.39, 0.29) is 0 Å². The van der Waals surface area contributed by atoms with Crippen LogP contribution in [0.1, 0.15) is 5.56 Å². The number of rotatable bonds is 8. The Balaban J connectivity index is 2.14. The molecule has 0 spiro atoms. The summed E-state index contributed by atoms with van der Waals surface area (Å²) in [7, 11) is 3.63. The van der Waals surface area contributed by atoms with Crippen molar-refractivity contribution in [2.45, 2.75) is 13.1 Å².